The summed E-state index contributed by atoms with van der Waals surface area (Å²) in [5.41, 5.74) is 1.84. The first-order valence-corrected chi connectivity index (χ1v) is 6.00. The van der Waals surface area contributed by atoms with Crippen LogP contribution in [0.2, 0.25) is 0 Å². The van der Waals surface area contributed by atoms with E-state index in [0.29, 0.717) is 5.56 Å². The molecule has 1 aromatic rings. The van der Waals surface area contributed by atoms with E-state index in [1.54, 1.807) is 13.0 Å². The number of amides is 1. The fourth-order valence-electron chi connectivity index (χ4n) is 1.61. The van der Waals surface area contributed by atoms with Crippen molar-refractivity contribution < 1.29 is 10.6 Å². The van der Waals surface area contributed by atoms with Crippen LogP contribution in [-0.2, 0) is 4.79 Å². The first-order valence-electron chi connectivity index (χ1n) is 6.00. The second-order valence-corrected chi connectivity index (χ2v) is 3.98. The first-order chi connectivity index (χ1) is 7.93. The zero-order valence-corrected chi connectivity index (χ0v) is 11.5. The fourth-order valence-corrected chi connectivity index (χ4v) is 1.61. The summed E-state index contributed by atoms with van der Waals surface area (Å²) in [6, 6.07) is 3.47. The molecule has 3 heteroatoms. The Morgan fingerprint density at radius 1 is 1.35 bits per heavy atom. The van der Waals surface area contributed by atoms with Crippen molar-refractivity contribution in [2.75, 3.05) is 5.32 Å². The molecular weight excluding hydrogens is 217 g/mol. The van der Waals surface area contributed by atoms with E-state index in [4.69, 9.17) is 0 Å². The van der Waals surface area contributed by atoms with E-state index in [9.17, 15) is 9.18 Å². The Balaban J connectivity index is 0. The number of rotatable bonds is 2. The highest BCUT2D eigenvalue weighted by Crippen LogP contribution is 2.26. The predicted octanol–water partition coefficient (Wildman–Crippen LogP) is 4.49. The smallest absolute Gasteiger partial charge is 0.221 e. The van der Waals surface area contributed by atoms with Gasteiger partial charge in [0.2, 0.25) is 5.91 Å². The van der Waals surface area contributed by atoms with Crippen LogP contribution < -0.4 is 5.32 Å². The van der Waals surface area contributed by atoms with E-state index < -0.39 is 0 Å². The molecular formula is C14H24FNO. The van der Waals surface area contributed by atoms with E-state index in [1.807, 2.05) is 33.8 Å². The third-order valence-electron chi connectivity index (χ3n) is 2.36. The van der Waals surface area contributed by atoms with Crippen LogP contribution in [0.4, 0.5) is 10.1 Å². The normalized spacial score (nSPS) is 9.65. The standard InChI is InChI=1S/C12H16FNO.C2H6.H2/c1-7(2)10-5-6-11(14-9(4)15)12(13)8(10)3;1-2;/h5-7H,1-4H3,(H,14,15);1-2H3;1H. The molecule has 2 nitrogen and oxygen atoms in total. The Morgan fingerprint density at radius 2 is 1.88 bits per heavy atom. The SMILES string of the molecule is CC.CC(=O)Nc1ccc(C(C)C)c(C)c1F.[HH]. The van der Waals surface area contributed by atoms with Crippen molar-refractivity contribution >= 4 is 11.6 Å². The van der Waals surface area contributed by atoms with Crippen LogP contribution in [-0.4, -0.2) is 5.91 Å². The second kappa shape index (κ2) is 7.05. The van der Waals surface area contributed by atoms with Gasteiger partial charge in [-0.1, -0.05) is 33.8 Å². The number of hydrogen-bond acceptors (Lipinski definition) is 1. The summed E-state index contributed by atoms with van der Waals surface area (Å²) in [5, 5.41) is 2.47. The molecule has 1 aromatic carbocycles. The zero-order valence-electron chi connectivity index (χ0n) is 11.5. The molecule has 0 heterocycles. The van der Waals surface area contributed by atoms with Crippen LogP contribution in [0.25, 0.3) is 0 Å². The van der Waals surface area contributed by atoms with Crippen molar-refractivity contribution in [3.63, 3.8) is 0 Å². The molecule has 0 aromatic heterocycles. The van der Waals surface area contributed by atoms with Crippen molar-refractivity contribution in [1.82, 2.24) is 0 Å². The molecule has 1 amide bonds. The minimum atomic E-state index is -0.337. The van der Waals surface area contributed by atoms with E-state index >= 15 is 0 Å². The van der Waals surface area contributed by atoms with Gasteiger partial charge in [-0.3, -0.25) is 4.79 Å². The lowest BCUT2D eigenvalue weighted by Gasteiger charge is -2.13. The molecule has 0 unspecified atom stereocenters. The molecule has 1 N–H and O–H groups in total. The van der Waals surface area contributed by atoms with Gasteiger partial charge < -0.3 is 5.32 Å². The summed E-state index contributed by atoms with van der Waals surface area (Å²) >= 11 is 0. The lowest BCUT2D eigenvalue weighted by Crippen LogP contribution is -2.09. The van der Waals surface area contributed by atoms with E-state index in [1.165, 1.54) is 6.92 Å². The van der Waals surface area contributed by atoms with Gasteiger partial charge in [0.1, 0.15) is 5.82 Å². The fraction of sp³-hybridized carbons (Fsp3) is 0.500. The molecule has 1 rings (SSSR count). The van der Waals surface area contributed by atoms with Crippen LogP contribution in [0.15, 0.2) is 12.1 Å². The van der Waals surface area contributed by atoms with Gasteiger partial charge in [0.25, 0.3) is 0 Å². The molecule has 0 saturated carbocycles. The maximum Gasteiger partial charge on any atom is 0.221 e. The molecule has 0 atom stereocenters. The van der Waals surface area contributed by atoms with Gasteiger partial charge in [-0.2, -0.15) is 0 Å². The number of carbonyl (C=O) groups excluding carboxylic acids is 1. The number of nitrogens with one attached hydrogen (secondary N) is 1. The lowest BCUT2D eigenvalue weighted by atomic mass is 9.97. The molecule has 0 bridgehead atoms. The van der Waals surface area contributed by atoms with Crippen LogP contribution in [0.3, 0.4) is 0 Å². The third kappa shape index (κ3) is 4.17. The number of hydrogen-bond donors (Lipinski definition) is 1. The molecule has 98 valence electrons. The Kier molecular flexibility index (Phi) is 6.47. The van der Waals surface area contributed by atoms with Gasteiger partial charge in [-0.15, -0.1) is 0 Å². The van der Waals surface area contributed by atoms with E-state index in [2.05, 4.69) is 5.32 Å². The van der Waals surface area contributed by atoms with Crippen molar-refractivity contribution in [3.8, 4) is 0 Å². The van der Waals surface area contributed by atoms with Crippen molar-refractivity contribution in [1.29, 1.82) is 0 Å². The Morgan fingerprint density at radius 3 is 2.29 bits per heavy atom. The minimum absolute atomic E-state index is 0. The molecule has 0 aliphatic heterocycles. The number of anilines is 1. The first kappa shape index (κ1) is 15.6. The van der Waals surface area contributed by atoms with Crippen molar-refractivity contribution in [3.05, 3.63) is 29.1 Å². The third-order valence-corrected chi connectivity index (χ3v) is 2.36. The Hall–Kier alpha value is -1.38. The summed E-state index contributed by atoms with van der Waals surface area (Å²) in [6.07, 6.45) is 0. The van der Waals surface area contributed by atoms with Crippen LogP contribution in [0.1, 0.15) is 53.1 Å². The van der Waals surface area contributed by atoms with Crippen molar-refractivity contribution in [2.24, 2.45) is 0 Å². The summed E-state index contributed by atoms with van der Waals surface area (Å²) in [5.74, 6) is -0.312. The molecule has 0 saturated heterocycles. The summed E-state index contributed by atoms with van der Waals surface area (Å²) in [4.78, 5) is 10.8. The highest BCUT2D eigenvalue weighted by atomic mass is 19.1. The number of halogens is 1. The highest BCUT2D eigenvalue weighted by molar-refractivity contribution is 5.88. The van der Waals surface area contributed by atoms with Crippen molar-refractivity contribution in [2.45, 2.75) is 47.5 Å². The largest absolute Gasteiger partial charge is 0.324 e. The number of benzene rings is 1. The zero-order chi connectivity index (χ0) is 13.6. The number of carbonyl (C=O) groups is 1. The average molecular weight is 241 g/mol. The lowest BCUT2D eigenvalue weighted by molar-refractivity contribution is -0.114. The second-order valence-electron chi connectivity index (χ2n) is 3.98. The molecule has 0 spiro atoms. The van der Waals surface area contributed by atoms with Gasteiger partial charge in [0.05, 0.1) is 5.69 Å². The summed E-state index contributed by atoms with van der Waals surface area (Å²) in [7, 11) is 0. The predicted molar refractivity (Wildman–Crippen MR) is 73.0 cm³/mol. The van der Waals surface area contributed by atoms with Crippen LogP contribution in [0.5, 0.6) is 0 Å². The molecule has 0 aliphatic carbocycles. The Labute approximate surface area is 105 Å². The Bertz CT molecular complexity index is 392. The van der Waals surface area contributed by atoms with Gasteiger partial charge >= 0.3 is 0 Å². The summed E-state index contributed by atoms with van der Waals surface area (Å²) < 4.78 is 13.8. The molecule has 0 radical (unpaired) electrons. The maximum atomic E-state index is 13.8. The van der Waals surface area contributed by atoms with Crippen LogP contribution >= 0.6 is 0 Å². The molecule has 17 heavy (non-hydrogen) atoms. The topological polar surface area (TPSA) is 29.1 Å². The van der Waals surface area contributed by atoms with Crippen LogP contribution in [0, 0.1) is 12.7 Å². The molecule has 0 fully saturated rings. The average Bonchev–Trinajstić information content (AvgIpc) is 2.27. The van der Waals surface area contributed by atoms with E-state index in [-0.39, 0.29) is 24.8 Å². The summed E-state index contributed by atoms with van der Waals surface area (Å²) in [6.45, 7) is 11.1. The minimum Gasteiger partial charge on any atom is -0.324 e. The quantitative estimate of drug-likeness (QED) is 0.812. The highest BCUT2D eigenvalue weighted by Gasteiger charge is 2.12. The molecule has 0 aliphatic rings. The van der Waals surface area contributed by atoms with Gasteiger partial charge in [-0.25, -0.2) is 4.39 Å². The van der Waals surface area contributed by atoms with Gasteiger partial charge in [-0.05, 0) is 30.0 Å². The van der Waals surface area contributed by atoms with Gasteiger partial charge in [0, 0.05) is 8.35 Å². The maximum absolute atomic E-state index is 13.8. The van der Waals surface area contributed by atoms with Gasteiger partial charge in [0.15, 0.2) is 0 Å². The van der Waals surface area contributed by atoms with E-state index in [0.717, 1.165) is 5.56 Å². The monoisotopic (exact) mass is 241 g/mol.